The lowest BCUT2D eigenvalue weighted by Gasteiger charge is -2.08. The molecular formula is C17H23NO2. The van der Waals surface area contributed by atoms with Crippen LogP contribution in [0.15, 0.2) is 24.3 Å². The van der Waals surface area contributed by atoms with Crippen LogP contribution in [0.5, 0.6) is 0 Å². The van der Waals surface area contributed by atoms with Crippen LogP contribution in [0.1, 0.15) is 37.9 Å². The second-order valence-corrected chi connectivity index (χ2v) is 5.09. The molecule has 0 unspecified atom stereocenters. The second-order valence-electron chi connectivity index (χ2n) is 5.09. The number of ether oxygens (including phenoxy) is 1. The highest BCUT2D eigenvalue weighted by Crippen LogP contribution is 2.22. The third kappa shape index (κ3) is 3.21. The van der Waals surface area contributed by atoms with Crippen molar-refractivity contribution in [3.05, 3.63) is 35.5 Å². The summed E-state index contributed by atoms with van der Waals surface area (Å²) in [6.07, 6.45) is 2.36. The molecule has 108 valence electrons. The summed E-state index contributed by atoms with van der Waals surface area (Å²) < 4.78 is 7.25. The normalized spacial score (nSPS) is 10.9. The minimum atomic E-state index is -0.102. The fourth-order valence-corrected chi connectivity index (χ4v) is 2.59. The molecule has 0 fully saturated rings. The smallest absolute Gasteiger partial charge is 0.305 e. The van der Waals surface area contributed by atoms with Gasteiger partial charge in [-0.1, -0.05) is 13.0 Å². The van der Waals surface area contributed by atoms with E-state index in [0.717, 1.165) is 19.4 Å². The van der Waals surface area contributed by atoms with Gasteiger partial charge in [-0.2, -0.15) is 0 Å². The van der Waals surface area contributed by atoms with Crippen LogP contribution >= 0.6 is 0 Å². The van der Waals surface area contributed by atoms with E-state index < -0.39 is 0 Å². The van der Waals surface area contributed by atoms with Crippen LogP contribution in [0.25, 0.3) is 10.9 Å². The number of nitrogens with zero attached hydrogens (tertiary/aromatic N) is 1. The van der Waals surface area contributed by atoms with Crippen molar-refractivity contribution < 1.29 is 9.53 Å². The molecule has 0 spiro atoms. The SMILES string of the molecule is CCOC(=O)CCCn1c(C)cc2cc(CC)ccc21. The van der Waals surface area contributed by atoms with Crippen molar-refractivity contribution in [1.82, 2.24) is 4.57 Å². The van der Waals surface area contributed by atoms with E-state index >= 15 is 0 Å². The molecule has 0 aliphatic heterocycles. The van der Waals surface area contributed by atoms with Crippen LogP contribution < -0.4 is 0 Å². The van der Waals surface area contributed by atoms with E-state index in [1.807, 2.05) is 6.92 Å². The van der Waals surface area contributed by atoms with Gasteiger partial charge in [-0.25, -0.2) is 0 Å². The molecule has 1 aromatic heterocycles. The van der Waals surface area contributed by atoms with Crippen LogP contribution in [-0.2, 0) is 22.5 Å². The molecule has 0 aliphatic rings. The van der Waals surface area contributed by atoms with Gasteiger partial charge in [0.1, 0.15) is 0 Å². The molecule has 0 atom stereocenters. The average molecular weight is 273 g/mol. The summed E-state index contributed by atoms with van der Waals surface area (Å²) in [5, 5.41) is 1.29. The van der Waals surface area contributed by atoms with Crippen molar-refractivity contribution in [2.45, 2.75) is 46.6 Å². The molecule has 0 radical (unpaired) electrons. The van der Waals surface area contributed by atoms with Crippen LogP contribution in [0, 0.1) is 6.92 Å². The summed E-state index contributed by atoms with van der Waals surface area (Å²) in [6.45, 7) is 7.46. The number of carbonyl (C=O) groups excluding carboxylic acids is 1. The Morgan fingerprint density at radius 1 is 1.25 bits per heavy atom. The maximum absolute atomic E-state index is 11.4. The zero-order chi connectivity index (χ0) is 14.5. The number of rotatable bonds is 6. The Kier molecular flexibility index (Phi) is 4.83. The van der Waals surface area contributed by atoms with Crippen LogP contribution in [0.4, 0.5) is 0 Å². The highest BCUT2D eigenvalue weighted by molar-refractivity contribution is 5.82. The molecule has 1 aromatic carbocycles. The molecule has 0 saturated heterocycles. The van der Waals surface area contributed by atoms with E-state index in [1.165, 1.54) is 22.2 Å². The van der Waals surface area contributed by atoms with Gasteiger partial charge in [0.2, 0.25) is 0 Å². The van der Waals surface area contributed by atoms with Crippen LogP contribution in [-0.4, -0.2) is 17.1 Å². The fourth-order valence-electron chi connectivity index (χ4n) is 2.59. The molecule has 0 N–H and O–H groups in total. The first-order chi connectivity index (χ1) is 9.65. The van der Waals surface area contributed by atoms with Gasteiger partial charge >= 0.3 is 5.97 Å². The van der Waals surface area contributed by atoms with Gasteiger partial charge < -0.3 is 9.30 Å². The highest BCUT2D eigenvalue weighted by Gasteiger charge is 2.07. The maximum Gasteiger partial charge on any atom is 0.305 e. The van der Waals surface area contributed by atoms with Gasteiger partial charge in [-0.3, -0.25) is 4.79 Å². The van der Waals surface area contributed by atoms with Crippen molar-refractivity contribution in [2.24, 2.45) is 0 Å². The summed E-state index contributed by atoms with van der Waals surface area (Å²) in [5.74, 6) is -0.102. The molecule has 2 rings (SSSR count). The fraction of sp³-hybridized carbons (Fsp3) is 0.471. The Hall–Kier alpha value is -1.77. The quantitative estimate of drug-likeness (QED) is 0.748. The molecule has 20 heavy (non-hydrogen) atoms. The first-order valence-corrected chi connectivity index (χ1v) is 7.40. The van der Waals surface area contributed by atoms with E-state index in [1.54, 1.807) is 0 Å². The van der Waals surface area contributed by atoms with E-state index in [9.17, 15) is 4.79 Å². The largest absolute Gasteiger partial charge is 0.466 e. The second kappa shape index (κ2) is 6.60. The summed E-state index contributed by atoms with van der Waals surface area (Å²) in [5.41, 5.74) is 3.86. The Bertz CT molecular complexity index is 598. The van der Waals surface area contributed by atoms with Crippen LogP contribution in [0.2, 0.25) is 0 Å². The van der Waals surface area contributed by atoms with E-state index in [2.05, 4.69) is 42.7 Å². The summed E-state index contributed by atoms with van der Waals surface area (Å²) in [6, 6.07) is 8.85. The number of hydrogen-bond donors (Lipinski definition) is 0. The molecule has 1 heterocycles. The number of hydrogen-bond acceptors (Lipinski definition) is 2. The Morgan fingerprint density at radius 2 is 2.05 bits per heavy atom. The van der Waals surface area contributed by atoms with Gasteiger partial charge in [0.15, 0.2) is 0 Å². The molecule has 0 amide bonds. The number of carbonyl (C=O) groups is 1. The molecule has 2 aromatic rings. The highest BCUT2D eigenvalue weighted by atomic mass is 16.5. The maximum atomic E-state index is 11.4. The Labute approximate surface area is 120 Å². The molecule has 0 aliphatic carbocycles. The molecule has 0 bridgehead atoms. The standard InChI is InChI=1S/C17H23NO2/c1-4-14-8-9-16-15(12-14)11-13(3)18(16)10-6-7-17(19)20-5-2/h8-9,11-12H,4-7,10H2,1-3H3. The van der Waals surface area contributed by atoms with Gasteiger partial charge in [0, 0.05) is 29.6 Å². The number of aryl methyl sites for hydroxylation is 3. The van der Waals surface area contributed by atoms with Gasteiger partial charge in [-0.15, -0.1) is 0 Å². The zero-order valence-corrected chi connectivity index (χ0v) is 12.6. The number of esters is 1. The van der Waals surface area contributed by atoms with E-state index in [4.69, 9.17) is 4.74 Å². The van der Waals surface area contributed by atoms with Gasteiger partial charge in [0.25, 0.3) is 0 Å². The minimum absolute atomic E-state index is 0.102. The number of benzene rings is 1. The van der Waals surface area contributed by atoms with Crippen molar-refractivity contribution in [3.8, 4) is 0 Å². The lowest BCUT2D eigenvalue weighted by Crippen LogP contribution is -2.07. The van der Waals surface area contributed by atoms with Crippen molar-refractivity contribution in [3.63, 3.8) is 0 Å². The van der Waals surface area contributed by atoms with Gasteiger partial charge in [0.05, 0.1) is 6.61 Å². The molecule has 3 heteroatoms. The van der Waals surface area contributed by atoms with Crippen molar-refractivity contribution in [1.29, 1.82) is 0 Å². The van der Waals surface area contributed by atoms with Crippen molar-refractivity contribution in [2.75, 3.05) is 6.61 Å². The monoisotopic (exact) mass is 273 g/mol. The van der Waals surface area contributed by atoms with Crippen molar-refractivity contribution >= 4 is 16.9 Å². The number of aromatic nitrogens is 1. The third-order valence-electron chi connectivity index (χ3n) is 3.65. The first-order valence-electron chi connectivity index (χ1n) is 7.40. The van der Waals surface area contributed by atoms with Gasteiger partial charge in [-0.05, 0) is 50.5 Å². The lowest BCUT2D eigenvalue weighted by molar-refractivity contribution is -0.143. The minimum Gasteiger partial charge on any atom is -0.466 e. The molecular weight excluding hydrogens is 250 g/mol. The zero-order valence-electron chi connectivity index (χ0n) is 12.6. The predicted molar refractivity (Wildman–Crippen MR) is 81.9 cm³/mol. The number of fused-ring (bicyclic) bond motifs is 1. The summed E-state index contributed by atoms with van der Waals surface area (Å²) in [4.78, 5) is 11.4. The summed E-state index contributed by atoms with van der Waals surface area (Å²) >= 11 is 0. The molecule has 3 nitrogen and oxygen atoms in total. The Balaban J connectivity index is 2.10. The predicted octanol–water partition coefficient (Wildman–Crippen LogP) is 3.86. The average Bonchev–Trinajstić information content (AvgIpc) is 2.74. The molecule has 0 saturated carbocycles. The van der Waals surface area contributed by atoms with Crippen LogP contribution in [0.3, 0.4) is 0 Å². The first kappa shape index (κ1) is 14.6. The summed E-state index contributed by atoms with van der Waals surface area (Å²) in [7, 11) is 0. The van der Waals surface area contributed by atoms with E-state index in [-0.39, 0.29) is 5.97 Å². The third-order valence-corrected chi connectivity index (χ3v) is 3.65. The Morgan fingerprint density at radius 3 is 2.75 bits per heavy atom. The topological polar surface area (TPSA) is 31.2 Å². The van der Waals surface area contributed by atoms with E-state index in [0.29, 0.717) is 13.0 Å². The lowest BCUT2D eigenvalue weighted by atomic mass is 10.1.